The Balaban J connectivity index is 2.17. The normalized spacial score (nSPS) is 18.0. The van der Waals surface area contributed by atoms with E-state index < -0.39 is 0 Å². The maximum Gasteiger partial charge on any atom is 0.253 e. The van der Waals surface area contributed by atoms with Crippen LogP contribution in [0.4, 0.5) is 5.69 Å². The van der Waals surface area contributed by atoms with E-state index in [1.54, 1.807) is 18.2 Å². The number of nitrogens with one attached hydrogen (secondary N) is 1. The second-order valence-corrected chi connectivity index (χ2v) is 5.39. The lowest BCUT2D eigenvalue weighted by molar-refractivity contribution is 0.0909. The van der Waals surface area contributed by atoms with Crippen LogP contribution in [0, 0.1) is 0 Å². The summed E-state index contributed by atoms with van der Waals surface area (Å²) in [4.78, 5) is 12.1. The average Bonchev–Trinajstić information content (AvgIpc) is 2.68. The number of hydrogen-bond acceptors (Lipinski definition) is 2. The van der Waals surface area contributed by atoms with Gasteiger partial charge in [-0.25, -0.2) is 0 Å². The van der Waals surface area contributed by atoms with Crippen LogP contribution in [0.15, 0.2) is 18.2 Å². The van der Waals surface area contributed by atoms with Gasteiger partial charge in [0, 0.05) is 16.2 Å². The molecule has 0 radical (unpaired) electrons. The summed E-state index contributed by atoms with van der Waals surface area (Å²) in [6.45, 7) is 2.08. The molecule has 3 nitrogen and oxygen atoms in total. The minimum atomic E-state index is -0.130. The Labute approximate surface area is 106 Å². The molecular weight excluding hydrogens is 236 g/mol. The third-order valence-electron chi connectivity index (χ3n) is 3.38. The molecular formula is C13H17ClN2O. The molecule has 1 amide bonds. The van der Waals surface area contributed by atoms with Gasteiger partial charge in [-0.3, -0.25) is 4.79 Å². The number of anilines is 1. The van der Waals surface area contributed by atoms with Crippen molar-refractivity contribution in [1.29, 1.82) is 0 Å². The van der Waals surface area contributed by atoms with Crippen molar-refractivity contribution < 1.29 is 4.79 Å². The summed E-state index contributed by atoms with van der Waals surface area (Å²) in [5, 5.41) is 3.59. The van der Waals surface area contributed by atoms with E-state index in [1.807, 2.05) is 0 Å². The highest BCUT2D eigenvalue weighted by molar-refractivity contribution is 6.31. The summed E-state index contributed by atoms with van der Waals surface area (Å²) < 4.78 is 0. The van der Waals surface area contributed by atoms with Crippen LogP contribution in [0.5, 0.6) is 0 Å². The standard InChI is InChI=1S/C13H17ClN2O/c1-13(6-2-3-7-13)16-12(17)10-8-9(14)4-5-11(10)15/h4-5,8H,2-3,6-7,15H2,1H3,(H,16,17). The van der Waals surface area contributed by atoms with Crippen LogP contribution >= 0.6 is 11.6 Å². The highest BCUT2D eigenvalue weighted by atomic mass is 35.5. The van der Waals surface area contributed by atoms with Crippen molar-refractivity contribution in [2.75, 3.05) is 5.73 Å². The van der Waals surface area contributed by atoms with E-state index in [0.717, 1.165) is 12.8 Å². The van der Waals surface area contributed by atoms with Gasteiger partial charge in [-0.2, -0.15) is 0 Å². The van der Waals surface area contributed by atoms with Gasteiger partial charge in [0.25, 0.3) is 5.91 Å². The third kappa shape index (κ3) is 2.72. The fourth-order valence-corrected chi connectivity index (χ4v) is 2.52. The first kappa shape index (κ1) is 12.2. The Morgan fingerprint density at radius 3 is 2.71 bits per heavy atom. The number of rotatable bonds is 2. The number of hydrogen-bond donors (Lipinski definition) is 2. The average molecular weight is 253 g/mol. The van der Waals surface area contributed by atoms with Gasteiger partial charge in [-0.15, -0.1) is 0 Å². The molecule has 0 aromatic heterocycles. The molecule has 0 spiro atoms. The number of halogens is 1. The summed E-state index contributed by atoms with van der Waals surface area (Å²) in [6.07, 6.45) is 4.39. The molecule has 92 valence electrons. The highest BCUT2D eigenvalue weighted by Gasteiger charge is 2.30. The SMILES string of the molecule is CC1(NC(=O)c2cc(Cl)ccc2N)CCCC1. The van der Waals surface area contributed by atoms with Crippen molar-refractivity contribution in [2.24, 2.45) is 0 Å². The van der Waals surface area contributed by atoms with Crippen molar-refractivity contribution in [1.82, 2.24) is 5.32 Å². The van der Waals surface area contributed by atoms with Crippen LogP contribution in [-0.2, 0) is 0 Å². The van der Waals surface area contributed by atoms with Gasteiger partial charge in [-0.1, -0.05) is 24.4 Å². The molecule has 0 bridgehead atoms. The Morgan fingerprint density at radius 2 is 2.06 bits per heavy atom. The third-order valence-corrected chi connectivity index (χ3v) is 3.62. The molecule has 17 heavy (non-hydrogen) atoms. The Kier molecular flexibility index (Phi) is 3.29. The van der Waals surface area contributed by atoms with E-state index in [-0.39, 0.29) is 11.4 Å². The second kappa shape index (κ2) is 4.57. The minimum absolute atomic E-state index is 0.0914. The first-order valence-electron chi connectivity index (χ1n) is 5.88. The maximum absolute atomic E-state index is 12.1. The molecule has 1 aromatic carbocycles. The lowest BCUT2D eigenvalue weighted by Crippen LogP contribution is -2.43. The fourth-order valence-electron chi connectivity index (χ4n) is 2.35. The van der Waals surface area contributed by atoms with E-state index in [4.69, 9.17) is 17.3 Å². The molecule has 1 aliphatic carbocycles. The first-order chi connectivity index (χ1) is 8.00. The number of nitrogen functional groups attached to an aromatic ring is 1. The Hall–Kier alpha value is -1.22. The molecule has 1 saturated carbocycles. The summed E-state index contributed by atoms with van der Waals surface area (Å²) >= 11 is 5.88. The lowest BCUT2D eigenvalue weighted by Gasteiger charge is -2.25. The molecule has 1 aliphatic rings. The molecule has 2 rings (SSSR count). The van der Waals surface area contributed by atoms with E-state index in [1.165, 1.54) is 12.8 Å². The van der Waals surface area contributed by atoms with Gasteiger partial charge in [0.2, 0.25) is 0 Å². The van der Waals surface area contributed by atoms with Crippen molar-refractivity contribution in [3.05, 3.63) is 28.8 Å². The molecule has 4 heteroatoms. The smallest absolute Gasteiger partial charge is 0.253 e. The first-order valence-corrected chi connectivity index (χ1v) is 6.25. The van der Waals surface area contributed by atoms with E-state index >= 15 is 0 Å². The maximum atomic E-state index is 12.1. The van der Waals surface area contributed by atoms with Crippen LogP contribution < -0.4 is 11.1 Å². The lowest BCUT2D eigenvalue weighted by atomic mass is 10.00. The van der Waals surface area contributed by atoms with Crippen molar-refractivity contribution >= 4 is 23.2 Å². The predicted octanol–water partition coefficient (Wildman–Crippen LogP) is 2.98. The van der Waals surface area contributed by atoms with Gasteiger partial charge >= 0.3 is 0 Å². The van der Waals surface area contributed by atoms with E-state index in [0.29, 0.717) is 16.3 Å². The topological polar surface area (TPSA) is 55.1 Å². The quantitative estimate of drug-likeness (QED) is 0.795. The Bertz CT molecular complexity index is 439. The highest BCUT2D eigenvalue weighted by Crippen LogP contribution is 2.29. The number of amides is 1. The van der Waals surface area contributed by atoms with Crippen LogP contribution in [-0.4, -0.2) is 11.4 Å². The van der Waals surface area contributed by atoms with Gasteiger partial charge in [0.05, 0.1) is 5.56 Å². The van der Waals surface area contributed by atoms with Gasteiger partial charge in [-0.05, 0) is 38.0 Å². The van der Waals surface area contributed by atoms with E-state index in [2.05, 4.69) is 12.2 Å². The molecule has 0 unspecified atom stereocenters. The zero-order valence-corrected chi connectivity index (χ0v) is 10.7. The number of benzene rings is 1. The van der Waals surface area contributed by atoms with Crippen molar-refractivity contribution in [3.63, 3.8) is 0 Å². The summed E-state index contributed by atoms with van der Waals surface area (Å²) in [7, 11) is 0. The molecule has 3 N–H and O–H groups in total. The monoisotopic (exact) mass is 252 g/mol. The van der Waals surface area contributed by atoms with Crippen molar-refractivity contribution in [3.8, 4) is 0 Å². The minimum Gasteiger partial charge on any atom is -0.398 e. The second-order valence-electron chi connectivity index (χ2n) is 4.95. The number of nitrogens with two attached hydrogens (primary N) is 1. The molecule has 1 fully saturated rings. The Morgan fingerprint density at radius 1 is 1.41 bits per heavy atom. The van der Waals surface area contributed by atoms with Crippen molar-refractivity contribution in [2.45, 2.75) is 38.1 Å². The summed E-state index contributed by atoms with van der Waals surface area (Å²) in [6, 6.07) is 4.96. The van der Waals surface area contributed by atoms with Gasteiger partial charge in [0.15, 0.2) is 0 Å². The predicted molar refractivity (Wildman–Crippen MR) is 70.2 cm³/mol. The van der Waals surface area contributed by atoms with Gasteiger partial charge < -0.3 is 11.1 Å². The zero-order valence-electron chi connectivity index (χ0n) is 9.92. The fraction of sp³-hybridized carbons (Fsp3) is 0.462. The van der Waals surface area contributed by atoms with E-state index in [9.17, 15) is 4.79 Å². The van der Waals surface area contributed by atoms with Crippen LogP contribution in [0.25, 0.3) is 0 Å². The molecule has 0 saturated heterocycles. The van der Waals surface area contributed by atoms with Crippen LogP contribution in [0.2, 0.25) is 5.02 Å². The summed E-state index contributed by atoms with van der Waals surface area (Å²) in [5.74, 6) is -0.130. The summed E-state index contributed by atoms with van der Waals surface area (Å²) in [5.41, 5.74) is 6.63. The molecule has 0 atom stereocenters. The number of carbonyl (C=O) groups is 1. The largest absolute Gasteiger partial charge is 0.398 e. The zero-order chi connectivity index (χ0) is 12.5. The van der Waals surface area contributed by atoms with Crippen LogP contribution in [0.1, 0.15) is 43.0 Å². The molecule has 0 aliphatic heterocycles. The van der Waals surface area contributed by atoms with Gasteiger partial charge in [0.1, 0.15) is 0 Å². The number of carbonyl (C=O) groups excluding carboxylic acids is 1. The van der Waals surface area contributed by atoms with Crippen LogP contribution in [0.3, 0.4) is 0 Å². The molecule has 0 heterocycles. The molecule has 1 aromatic rings.